The molecule has 158 valence electrons. The number of ketones is 1. The third kappa shape index (κ3) is 6.12. The molecule has 0 saturated heterocycles. The predicted octanol–water partition coefficient (Wildman–Crippen LogP) is 5.06. The second-order valence-electron chi connectivity index (χ2n) is 7.17. The average molecular weight is 415 g/mol. The van der Waals surface area contributed by atoms with E-state index < -0.39 is 18.5 Å². The van der Waals surface area contributed by atoms with Gasteiger partial charge >= 0.3 is 5.97 Å². The number of benzene rings is 3. The molecule has 0 fully saturated rings. The molecule has 0 aliphatic heterocycles. The van der Waals surface area contributed by atoms with Crippen LogP contribution in [0.2, 0.25) is 0 Å². The first-order valence-electron chi connectivity index (χ1n) is 10.3. The van der Waals surface area contributed by atoms with Crippen LogP contribution in [0, 0.1) is 0 Å². The molecule has 0 atom stereocenters. The Bertz CT molecular complexity index is 1040. The van der Waals surface area contributed by atoms with Crippen LogP contribution in [0.15, 0.2) is 78.9 Å². The topological polar surface area (TPSA) is 72.5 Å². The van der Waals surface area contributed by atoms with Crippen molar-refractivity contribution in [3.63, 3.8) is 0 Å². The number of rotatable bonds is 9. The number of ether oxygens (including phenoxy) is 1. The summed E-state index contributed by atoms with van der Waals surface area (Å²) in [7, 11) is 0. The second kappa shape index (κ2) is 10.9. The summed E-state index contributed by atoms with van der Waals surface area (Å²) in [5, 5.41) is 2.71. The second-order valence-corrected chi connectivity index (χ2v) is 7.17. The van der Waals surface area contributed by atoms with Gasteiger partial charge in [-0.25, -0.2) is 4.79 Å². The molecule has 0 aliphatic rings. The summed E-state index contributed by atoms with van der Waals surface area (Å²) in [6.07, 6.45) is 3.25. The van der Waals surface area contributed by atoms with E-state index in [4.69, 9.17) is 4.74 Å². The van der Waals surface area contributed by atoms with Crippen molar-refractivity contribution in [2.75, 3.05) is 11.9 Å². The maximum atomic E-state index is 12.8. The van der Waals surface area contributed by atoms with Gasteiger partial charge in [0.2, 0.25) is 0 Å². The number of hydrogen-bond donors (Lipinski definition) is 1. The Hall–Kier alpha value is -3.73. The van der Waals surface area contributed by atoms with Crippen molar-refractivity contribution in [2.24, 2.45) is 0 Å². The van der Waals surface area contributed by atoms with E-state index in [2.05, 4.69) is 12.2 Å². The molecule has 31 heavy (non-hydrogen) atoms. The average Bonchev–Trinajstić information content (AvgIpc) is 2.82. The molecule has 3 aromatic carbocycles. The molecule has 0 heterocycles. The van der Waals surface area contributed by atoms with Crippen LogP contribution in [0.25, 0.3) is 0 Å². The maximum Gasteiger partial charge on any atom is 0.339 e. The van der Waals surface area contributed by atoms with E-state index in [0.29, 0.717) is 11.3 Å². The van der Waals surface area contributed by atoms with Gasteiger partial charge in [0.1, 0.15) is 0 Å². The Morgan fingerprint density at radius 1 is 0.806 bits per heavy atom. The van der Waals surface area contributed by atoms with Crippen LogP contribution in [0.4, 0.5) is 5.69 Å². The third-order valence-corrected chi connectivity index (χ3v) is 4.82. The lowest BCUT2D eigenvalue weighted by atomic mass is 9.98. The van der Waals surface area contributed by atoms with Crippen molar-refractivity contribution >= 4 is 23.3 Å². The van der Waals surface area contributed by atoms with E-state index in [0.717, 1.165) is 19.3 Å². The summed E-state index contributed by atoms with van der Waals surface area (Å²) < 4.78 is 5.16. The molecule has 5 heteroatoms. The molecule has 0 aromatic heterocycles. The lowest BCUT2D eigenvalue weighted by Gasteiger charge is -2.10. The van der Waals surface area contributed by atoms with E-state index in [9.17, 15) is 14.4 Å². The minimum absolute atomic E-state index is 0.129. The van der Waals surface area contributed by atoms with Crippen LogP contribution in [0.5, 0.6) is 0 Å². The lowest BCUT2D eigenvalue weighted by molar-refractivity contribution is -0.119. The number of amides is 1. The van der Waals surface area contributed by atoms with Crippen molar-refractivity contribution in [2.45, 2.75) is 26.2 Å². The Morgan fingerprint density at radius 3 is 2.13 bits per heavy atom. The molecule has 1 N–H and O–H groups in total. The molecule has 0 aliphatic carbocycles. The van der Waals surface area contributed by atoms with E-state index in [1.807, 2.05) is 30.3 Å². The van der Waals surface area contributed by atoms with Crippen molar-refractivity contribution < 1.29 is 19.1 Å². The van der Waals surface area contributed by atoms with Gasteiger partial charge in [0.05, 0.1) is 5.56 Å². The Kier molecular flexibility index (Phi) is 7.71. The number of nitrogens with one attached hydrogen (secondary N) is 1. The third-order valence-electron chi connectivity index (χ3n) is 4.82. The van der Waals surface area contributed by atoms with Crippen LogP contribution in [-0.2, 0) is 16.0 Å². The largest absolute Gasteiger partial charge is 0.452 e. The number of carbonyl (C=O) groups is 3. The summed E-state index contributed by atoms with van der Waals surface area (Å²) >= 11 is 0. The molecule has 3 aromatic rings. The van der Waals surface area contributed by atoms with E-state index >= 15 is 0 Å². The van der Waals surface area contributed by atoms with E-state index in [1.54, 1.807) is 42.5 Å². The van der Waals surface area contributed by atoms with Crippen LogP contribution in [0.3, 0.4) is 0 Å². The van der Waals surface area contributed by atoms with Crippen LogP contribution in [-0.4, -0.2) is 24.3 Å². The molecule has 1 amide bonds. The van der Waals surface area contributed by atoms with Gasteiger partial charge in [-0.05, 0) is 36.6 Å². The molecular weight excluding hydrogens is 390 g/mol. The molecular formula is C26H25NO4. The Labute approximate surface area is 182 Å². The highest BCUT2D eigenvalue weighted by molar-refractivity contribution is 6.14. The molecule has 0 radical (unpaired) electrons. The lowest BCUT2D eigenvalue weighted by Crippen LogP contribution is -2.22. The molecule has 0 saturated carbocycles. The van der Waals surface area contributed by atoms with Crippen LogP contribution >= 0.6 is 0 Å². The quantitative estimate of drug-likeness (QED) is 0.392. The van der Waals surface area contributed by atoms with Gasteiger partial charge in [0, 0.05) is 16.8 Å². The molecule has 3 rings (SSSR count). The van der Waals surface area contributed by atoms with E-state index in [-0.39, 0.29) is 16.9 Å². The summed E-state index contributed by atoms with van der Waals surface area (Å²) in [5.41, 5.74) is 2.70. The number of unbranched alkanes of at least 4 members (excludes halogenated alkanes) is 1. The predicted molar refractivity (Wildman–Crippen MR) is 120 cm³/mol. The zero-order valence-electron chi connectivity index (χ0n) is 17.5. The fraction of sp³-hybridized carbons (Fsp3) is 0.192. The molecule has 0 unspecified atom stereocenters. The number of aryl methyl sites for hydroxylation is 1. The summed E-state index contributed by atoms with van der Waals surface area (Å²) in [6, 6.07) is 22.7. The fourth-order valence-corrected chi connectivity index (χ4v) is 3.15. The van der Waals surface area contributed by atoms with Gasteiger partial charge in [-0.2, -0.15) is 0 Å². The first-order valence-corrected chi connectivity index (χ1v) is 10.3. The summed E-state index contributed by atoms with van der Waals surface area (Å²) in [6.45, 7) is 1.70. The van der Waals surface area contributed by atoms with Crippen molar-refractivity contribution in [1.82, 2.24) is 0 Å². The minimum Gasteiger partial charge on any atom is -0.452 e. The van der Waals surface area contributed by atoms with E-state index in [1.165, 1.54) is 11.6 Å². The van der Waals surface area contributed by atoms with Gasteiger partial charge in [0.25, 0.3) is 5.91 Å². The van der Waals surface area contributed by atoms with Gasteiger partial charge in [-0.3, -0.25) is 9.59 Å². The van der Waals surface area contributed by atoms with Gasteiger partial charge in [-0.15, -0.1) is 0 Å². The number of carbonyl (C=O) groups excluding carboxylic acids is 3. The van der Waals surface area contributed by atoms with Crippen molar-refractivity contribution in [1.29, 1.82) is 0 Å². The smallest absolute Gasteiger partial charge is 0.339 e. The SMILES string of the molecule is CCCCc1ccc(NC(=O)COC(=O)c2ccccc2C(=O)c2ccccc2)cc1. The van der Waals surface area contributed by atoms with Crippen LogP contribution in [0.1, 0.15) is 51.6 Å². The highest BCUT2D eigenvalue weighted by atomic mass is 16.5. The first kappa shape index (κ1) is 22.0. The van der Waals surface area contributed by atoms with Crippen LogP contribution < -0.4 is 5.32 Å². The number of esters is 1. The molecule has 0 spiro atoms. The maximum absolute atomic E-state index is 12.8. The van der Waals surface area contributed by atoms with Gasteiger partial charge < -0.3 is 10.1 Å². The molecule has 0 bridgehead atoms. The minimum atomic E-state index is -0.718. The summed E-state index contributed by atoms with van der Waals surface area (Å²) in [4.78, 5) is 37.5. The van der Waals surface area contributed by atoms with Gasteiger partial charge in [0.15, 0.2) is 12.4 Å². The zero-order chi connectivity index (χ0) is 22.1. The van der Waals surface area contributed by atoms with Crippen molar-refractivity contribution in [3.05, 3.63) is 101 Å². The highest BCUT2D eigenvalue weighted by Gasteiger charge is 2.19. The monoisotopic (exact) mass is 415 g/mol. The standard InChI is InChI=1S/C26H25NO4/c1-2-3-9-19-14-16-21(17-15-19)27-24(28)18-31-26(30)23-13-8-7-12-22(23)25(29)20-10-5-4-6-11-20/h4-8,10-17H,2-3,9,18H2,1H3,(H,27,28). The Morgan fingerprint density at radius 2 is 1.45 bits per heavy atom. The summed E-state index contributed by atoms with van der Waals surface area (Å²) in [5.74, 6) is -1.44. The first-order chi connectivity index (χ1) is 15.1. The number of hydrogen-bond acceptors (Lipinski definition) is 4. The zero-order valence-corrected chi connectivity index (χ0v) is 17.5. The van der Waals surface area contributed by atoms with Crippen molar-refractivity contribution in [3.8, 4) is 0 Å². The molecule has 5 nitrogen and oxygen atoms in total. The number of anilines is 1. The van der Waals surface area contributed by atoms with Gasteiger partial charge in [-0.1, -0.05) is 74.0 Å². The normalized spacial score (nSPS) is 10.4. The highest BCUT2D eigenvalue weighted by Crippen LogP contribution is 2.16. The Balaban J connectivity index is 1.60. The fourth-order valence-electron chi connectivity index (χ4n) is 3.15.